The van der Waals surface area contributed by atoms with E-state index in [0.29, 0.717) is 5.56 Å². The van der Waals surface area contributed by atoms with Gasteiger partial charge >= 0.3 is 0 Å². The number of aryl methyl sites for hydroxylation is 2. The Morgan fingerprint density at radius 1 is 1.14 bits per heavy atom. The maximum atomic E-state index is 12.6. The molecule has 0 N–H and O–H groups in total. The molecule has 0 aliphatic carbocycles. The summed E-state index contributed by atoms with van der Waals surface area (Å²) < 4.78 is 0. The van der Waals surface area contributed by atoms with E-state index in [1.165, 1.54) is 0 Å². The Kier molecular flexibility index (Phi) is 5.10. The lowest BCUT2D eigenvalue weighted by molar-refractivity contribution is 0.103. The molecule has 0 heterocycles. The van der Waals surface area contributed by atoms with Gasteiger partial charge in [0.15, 0.2) is 5.78 Å². The Hall–Kier alpha value is -2.42. The van der Waals surface area contributed by atoms with E-state index in [1.54, 1.807) is 0 Å². The van der Waals surface area contributed by atoms with Crippen LogP contribution in [0, 0.1) is 13.8 Å². The van der Waals surface area contributed by atoms with Crippen LogP contribution in [-0.4, -0.2) is 30.6 Å². The van der Waals surface area contributed by atoms with Crippen LogP contribution in [0.1, 0.15) is 34.0 Å². The minimum atomic E-state index is 0.0578. The quantitative estimate of drug-likeness (QED) is 0.471. The zero-order valence-electron chi connectivity index (χ0n) is 13.6. The van der Waals surface area contributed by atoms with Crippen molar-refractivity contribution in [2.24, 2.45) is 4.99 Å². The lowest BCUT2D eigenvalue weighted by Gasteiger charge is -2.11. The molecule has 0 unspecified atom stereocenters. The highest BCUT2D eigenvalue weighted by Crippen LogP contribution is 2.25. The second kappa shape index (κ2) is 7.03. The van der Waals surface area contributed by atoms with E-state index in [0.717, 1.165) is 28.9 Å². The van der Waals surface area contributed by atoms with Crippen LogP contribution in [0.15, 0.2) is 47.5 Å². The molecule has 0 aliphatic rings. The first-order valence-electron chi connectivity index (χ1n) is 7.48. The van der Waals surface area contributed by atoms with Crippen LogP contribution in [0.25, 0.3) is 0 Å². The molecule has 0 fully saturated rings. The molecule has 3 nitrogen and oxygen atoms in total. The van der Waals surface area contributed by atoms with E-state index >= 15 is 0 Å². The monoisotopic (exact) mass is 294 g/mol. The maximum Gasteiger partial charge on any atom is 0.193 e. The van der Waals surface area contributed by atoms with Gasteiger partial charge in [0.25, 0.3) is 0 Å². The van der Waals surface area contributed by atoms with Crippen LogP contribution in [0.3, 0.4) is 0 Å². The standard InChI is InChI=1S/C19H22N2O/c1-5-21(4)13-20-18-12-14(2)17(11-15(18)3)19(22)16-9-7-6-8-10-16/h6-13H,5H2,1-4H3/b20-13+. The van der Waals surface area contributed by atoms with Gasteiger partial charge in [-0.1, -0.05) is 30.3 Å². The lowest BCUT2D eigenvalue weighted by Crippen LogP contribution is -2.14. The van der Waals surface area contributed by atoms with Crippen LogP contribution in [0.5, 0.6) is 0 Å². The van der Waals surface area contributed by atoms with E-state index in [1.807, 2.05) is 74.6 Å². The largest absolute Gasteiger partial charge is 0.366 e. The summed E-state index contributed by atoms with van der Waals surface area (Å²) in [6, 6.07) is 13.3. The van der Waals surface area contributed by atoms with Crippen LogP contribution in [0.2, 0.25) is 0 Å². The van der Waals surface area contributed by atoms with Crippen LogP contribution < -0.4 is 0 Å². The number of nitrogens with zero attached hydrogens (tertiary/aromatic N) is 2. The lowest BCUT2D eigenvalue weighted by atomic mass is 9.96. The molecule has 2 aromatic carbocycles. The van der Waals surface area contributed by atoms with E-state index in [9.17, 15) is 4.79 Å². The first kappa shape index (κ1) is 16.0. The molecular formula is C19H22N2O. The third-order valence-corrected chi connectivity index (χ3v) is 3.72. The third kappa shape index (κ3) is 3.61. The van der Waals surface area contributed by atoms with Gasteiger partial charge in [-0.25, -0.2) is 4.99 Å². The average molecular weight is 294 g/mol. The highest BCUT2D eigenvalue weighted by Gasteiger charge is 2.13. The second-order valence-electron chi connectivity index (χ2n) is 5.47. The van der Waals surface area contributed by atoms with E-state index in [4.69, 9.17) is 0 Å². The van der Waals surface area contributed by atoms with Gasteiger partial charge in [-0.05, 0) is 44.0 Å². The molecule has 2 aromatic rings. The van der Waals surface area contributed by atoms with Gasteiger partial charge in [0.1, 0.15) is 0 Å². The van der Waals surface area contributed by atoms with E-state index < -0.39 is 0 Å². The Morgan fingerprint density at radius 2 is 1.82 bits per heavy atom. The molecule has 22 heavy (non-hydrogen) atoms. The van der Waals surface area contributed by atoms with Gasteiger partial charge in [-0.15, -0.1) is 0 Å². The summed E-state index contributed by atoms with van der Waals surface area (Å²) in [6.45, 7) is 6.93. The zero-order valence-corrected chi connectivity index (χ0v) is 13.6. The molecule has 0 amide bonds. The highest BCUT2D eigenvalue weighted by molar-refractivity contribution is 6.10. The van der Waals surface area contributed by atoms with Gasteiger partial charge in [0.05, 0.1) is 12.0 Å². The maximum absolute atomic E-state index is 12.6. The fraction of sp³-hybridized carbons (Fsp3) is 0.263. The van der Waals surface area contributed by atoms with E-state index in [2.05, 4.69) is 11.9 Å². The van der Waals surface area contributed by atoms with Crippen molar-refractivity contribution >= 4 is 17.8 Å². The van der Waals surface area contributed by atoms with Crippen molar-refractivity contribution in [3.8, 4) is 0 Å². The summed E-state index contributed by atoms with van der Waals surface area (Å²) in [7, 11) is 1.99. The molecule has 114 valence electrons. The molecule has 0 aromatic heterocycles. The van der Waals surface area contributed by atoms with Gasteiger partial charge < -0.3 is 4.90 Å². The summed E-state index contributed by atoms with van der Waals surface area (Å²) in [6.07, 6.45) is 1.82. The summed E-state index contributed by atoms with van der Waals surface area (Å²) in [5.41, 5.74) is 4.32. The fourth-order valence-corrected chi connectivity index (χ4v) is 2.17. The molecule has 0 saturated carbocycles. The Labute approximate surface area is 132 Å². The van der Waals surface area contributed by atoms with Crippen molar-refractivity contribution in [3.63, 3.8) is 0 Å². The fourth-order valence-electron chi connectivity index (χ4n) is 2.17. The minimum absolute atomic E-state index is 0.0578. The summed E-state index contributed by atoms with van der Waals surface area (Å²) >= 11 is 0. The third-order valence-electron chi connectivity index (χ3n) is 3.72. The first-order valence-corrected chi connectivity index (χ1v) is 7.48. The van der Waals surface area contributed by atoms with Crippen molar-refractivity contribution in [2.45, 2.75) is 20.8 Å². The predicted octanol–water partition coefficient (Wildman–Crippen LogP) is 4.15. The summed E-state index contributed by atoms with van der Waals surface area (Å²) in [5, 5.41) is 0. The molecule has 0 spiro atoms. The molecule has 0 atom stereocenters. The predicted molar refractivity (Wildman–Crippen MR) is 92.2 cm³/mol. The van der Waals surface area contributed by atoms with Crippen molar-refractivity contribution in [3.05, 3.63) is 64.7 Å². The van der Waals surface area contributed by atoms with Gasteiger partial charge in [0, 0.05) is 24.7 Å². The number of rotatable bonds is 5. The molecular weight excluding hydrogens is 272 g/mol. The first-order chi connectivity index (χ1) is 10.5. The molecule has 0 saturated heterocycles. The summed E-state index contributed by atoms with van der Waals surface area (Å²) in [4.78, 5) is 19.1. The SMILES string of the molecule is CCN(C)/C=N/c1cc(C)c(C(=O)c2ccccc2)cc1C. The van der Waals surface area contributed by atoms with Gasteiger partial charge in [0.2, 0.25) is 0 Å². The van der Waals surface area contributed by atoms with Crippen LogP contribution in [0.4, 0.5) is 5.69 Å². The van der Waals surface area contributed by atoms with Crippen LogP contribution >= 0.6 is 0 Å². The number of benzene rings is 2. The van der Waals surface area contributed by atoms with E-state index in [-0.39, 0.29) is 5.78 Å². The minimum Gasteiger partial charge on any atom is -0.366 e. The second-order valence-corrected chi connectivity index (χ2v) is 5.47. The Bertz CT molecular complexity index is 690. The number of hydrogen-bond acceptors (Lipinski definition) is 2. The number of ketones is 1. The number of hydrogen-bond donors (Lipinski definition) is 0. The van der Waals surface area contributed by atoms with Crippen molar-refractivity contribution in [2.75, 3.05) is 13.6 Å². The topological polar surface area (TPSA) is 32.7 Å². The number of aliphatic imine (C=N–C) groups is 1. The highest BCUT2D eigenvalue weighted by atomic mass is 16.1. The van der Waals surface area contributed by atoms with Gasteiger partial charge in [-0.2, -0.15) is 0 Å². The molecule has 2 rings (SSSR count). The van der Waals surface area contributed by atoms with Crippen molar-refractivity contribution < 1.29 is 4.79 Å². The van der Waals surface area contributed by atoms with Crippen molar-refractivity contribution in [1.82, 2.24) is 4.90 Å². The molecule has 0 radical (unpaired) electrons. The summed E-state index contributed by atoms with van der Waals surface area (Å²) in [5.74, 6) is 0.0578. The van der Waals surface area contributed by atoms with Crippen molar-refractivity contribution in [1.29, 1.82) is 0 Å². The van der Waals surface area contributed by atoms with Gasteiger partial charge in [-0.3, -0.25) is 4.79 Å². The molecule has 3 heteroatoms. The normalized spacial score (nSPS) is 10.9. The Morgan fingerprint density at radius 3 is 2.45 bits per heavy atom. The zero-order chi connectivity index (χ0) is 16.1. The Balaban J connectivity index is 2.34. The number of carbonyl (C=O) groups is 1. The molecule has 0 bridgehead atoms. The van der Waals surface area contributed by atoms with Crippen LogP contribution in [-0.2, 0) is 0 Å². The molecule has 0 aliphatic heterocycles. The smallest absolute Gasteiger partial charge is 0.193 e. The number of carbonyl (C=O) groups excluding carboxylic acids is 1. The average Bonchev–Trinajstić information content (AvgIpc) is 2.55.